The van der Waals surface area contributed by atoms with Crippen molar-refractivity contribution in [1.29, 1.82) is 0 Å². The van der Waals surface area contributed by atoms with Gasteiger partial charge in [0.05, 0.1) is 22.9 Å². The highest BCUT2D eigenvalue weighted by molar-refractivity contribution is 7.10. The summed E-state index contributed by atoms with van der Waals surface area (Å²) in [7, 11) is 1.31. The first-order valence-electron chi connectivity index (χ1n) is 9.32. The van der Waals surface area contributed by atoms with Gasteiger partial charge < -0.3 is 9.47 Å². The second-order valence-corrected chi connectivity index (χ2v) is 8.71. The van der Waals surface area contributed by atoms with Crippen molar-refractivity contribution in [2.75, 3.05) is 7.11 Å². The number of rotatable bonds is 4. The molecule has 0 bridgehead atoms. The van der Waals surface area contributed by atoms with Crippen LogP contribution in [0.4, 0.5) is 0 Å². The summed E-state index contributed by atoms with van der Waals surface area (Å²) in [5, 5.41) is 1.89. The zero-order valence-electron chi connectivity index (χ0n) is 16.9. The third kappa shape index (κ3) is 3.89. The normalized spacial score (nSPS) is 16.0. The molecule has 3 heterocycles. The van der Waals surface area contributed by atoms with Crippen molar-refractivity contribution in [3.8, 4) is 5.75 Å². The number of aromatic nitrogens is 1. The number of esters is 2. The molecule has 0 saturated heterocycles. The van der Waals surface area contributed by atoms with Crippen molar-refractivity contribution in [3.05, 3.63) is 83.2 Å². The maximum absolute atomic E-state index is 13.4. The Morgan fingerprint density at radius 2 is 1.97 bits per heavy atom. The first kappa shape index (κ1) is 21.0. The molecule has 0 aliphatic carbocycles. The molecule has 0 saturated carbocycles. The number of benzene rings is 1. The van der Waals surface area contributed by atoms with Gasteiger partial charge in [-0.25, -0.2) is 9.79 Å². The molecule has 158 valence electrons. The van der Waals surface area contributed by atoms with Crippen molar-refractivity contribution < 1.29 is 19.1 Å². The average Bonchev–Trinajstić information content (AvgIpc) is 3.36. The highest BCUT2D eigenvalue weighted by Gasteiger charge is 2.33. The average molecular weight is 455 g/mol. The summed E-state index contributed by atoms with van der Waals surface area (Å²) in [6, 6.07) is 10.1. The van der Waals surface area contributed by atoms with Crippen LogP contribution in [0.3, 0.4) is 0 Å². The van der Waals surface area contributed by atoms with E-state index in [2.05, 4.69) is 4.99 Å². The maximum atomic E-state index is 13.4. The lowest BCUT2D eigenvalue weighted by atomic mass is 10.0. The molecule has 1 aromatic carbocycles. The number of nitrogens with zero attached hydrogens (tertiary/aromatic N) is 2. The van der Waals surface area contributed by atoms with Gasteiger partial charge in [-0.15, -0.1) is 11.3 Å². The summed E-state index contributed by atoms with van der Waals surface area (Å²) in [6.45, 7) is 3.06. The number of carbonyl (C=O) groups excluding carboxylic acids is 2. The van der Waals surface area contributed by atoms with E-state index in [0.717, 1.165) is 4.88 Å². The summed E-state index contributed by atoms with van der Waals surface area (Å²) in [4.78, 5) is 43.2. The zero-order valence-corrected chi connectivity index (χ0v) is 18.6. The molecule has 31 heavy (non-hydrogen) atoms. The summed E-state index contributed by atoms with van der Waals surface area (Å²) in [5.74, 6) is -0.602. The Kier molecular flexibility index (Phi) is 5.71. The van der Waals surface area contributed by atoms with Gasteiger partial charge in [0.15, 0.2) is 4.80 Å². The van der Waals surface area contributed by atoms with Gasteiger partial charge in [-0.05, 0) is 30.5 Å². The number of carbonyl (C=O) groups is 2. The van der Waals surface area contributed by atoms with Crippen molar-refractivity contribution in [1.82, 2.24) is 4.57 Å². The Labute approximate surface area is 185 Å². The quantitative estimate of drug-likeness (QED) is 0.446. The first-order valence-corrected chi connectivity index (χ1v) is 11.0. The van der Waals surface area contributed by atoms with Crippen LogP contribution in [0.5, 0.6) is 5.75 Å². The Bertz CT molecular complexity index is 1380. The van der Waals surface area contributed by atoms with E-state index >= 15 is 0 Å². The van der Waals surface area contributed by atoms with E-state index < -0.39 is 18.0 Å². The third-order valence-corrected chi connectivity index (χ3v) is 6.61. The van der Waals surface area contributed by atoms with Crippen LogP contribution in [0.15, 0.2) is 62.8 Å². The standard InChI is InChI=1S/C22H18N2O5S2/c1-12-18(21(27)28-3)19(16-9-6-10-30-16)24-20(26)17(31-22(24)23-12)11-14-7-4-5-8-15(14)29-13(2)25/h4-11,19H,1-3H3/b17-11-/t19-/m1/s1. The summed E-state index contributed by atoms with van der Waals surface area (Å²) < 4.78 is 12.2. The fourth-order valence-corrected chi connectivity index (χ4v) is 5.26. The van der Waals surface area contributed by atoms with Gasteiger partial charge >= 0.3 is 11.9 Å². The molecule has 1 atom stereocenters. The molecule has 0 spiro atoms. The molecule has 1 aliphatic rings. The molecule has 0 N–H and O–H groups in total. The number of fused-ring (bicyclic) bond motifs is 1. The van der Waals surface area contributed by atoms with E-state index in [1.807, 2.05) is 17.5 Å². The largest absolute Gasteiger partial charge is 0.466 e. The Morgan fingerprint density at radius 1 is 1.19 bits per heavy atom. The smallest absolute Gasteiger partial charge is 0.338 e. The monoisotopic (exact) mass is 454 g/mol. The van der Waals surface area contributed by atoms with Crippen LogP contribution in [-0.2, 0) is 14.3 Å². The van der Waals surface area contributed by atoms with Crippen LogP contribution in [0, 0.1) is 0 Å². The summed E-state index contributed by atoms with van der Waals surface area (Å²) >= 11 is 2.67. The van der Waals surface area contributed by atoms with Gasteiger partial charge in [-0.2, -0.15) is 0 Å². The fraction of sp³-hybridized carbons (Fsp3) is 0.182. The second kappa shape index (κ2) is 8.44. The van der Waals surface area contributed by atoms with Crippen molar-refractivity contribution in [3.63, 3.8) is 0 Å². The van der Waals surface area contributed by atoms with E-state index in [1.54, 1.807) is 37.3 Å². The first-order chi connectivity index (χ1) is 14.9. The molecular formula is C22H18N2O5S2. The molecule has 2 aromatic heterocycles. The lowest BCUT2D eigenvalue weighted by Crippen LogP contribution is -2.39. The minimum Gasteiger partial charge on any atom is -0.466 e. The van der Waals surface area contributed by atoms with Crippen LogP contribution in [0.25, 0.3) is 6.08 Å². The molecule has 0 radical (unpaired) electrons. The Morgan fingerprint density at radius 3 is 2.65 bits per heavy atom. The molecule has 9 heteroatoms. The summed E-state index contributed by atoms with van der Waals surface area (Å²) in [6.07, 6.45) is 1.67. The van der Waals surface area contributed by atoms with E-state index in [0.29, 0.717) is 31.9 Å². The summed E-state index contributed by atoms with van der Waals surface area (Å²) in [5.41, 5.74) is 1.16. The number of hydrogen-bond donors (Lipinski definition) is 0. The molecular weight excluding hydrogens is 436 g/mol. The topological polar surface area (TPSA) is 87.0 Å². The van der Waals surface area contributed by atoms with Crippen LogP contribution in [0.2, 0.25) is 0 Å². The number of para-hydroxylation sites is 1. The predicted octanol–water partition coefficient (Wildman–Crippen LogP) is 2.40. The van der Waals surface area contributed by atoms with Gasteiger partial charge in [0.2, 0.25) is 0 Å². The van der Waals surface area contributed by atoms with Crippen molar-refractivity contribution >= 4 is 40.7 Å². The van der Waals surface area contributed by atoms with E-state index in [-0.39, 0.29) is 5.56 Å². The number of methoxy groups -OCH3 is 1. The maximum Gasteiger partial charge on any atom is 0.338 e. The molecule has 0 fully saturated rings. The van der Waals surface area contributed by atoms with Gasteiger partial charge in [0, 0.05) is 17.4 Å². The molecule has 3 aromatic rings. The number of thiazole rings is 1. The Balaban J connectivity index is 1.94. The highest BCUT2D eigenvalue weighted by Crippen LogP contribution is 2.33. The molecule has 7 nitrogen and oxygen atoms in total. The minimum atomic E-state index is -0.616. The predicted molar refractivity (Wildman–Crippen MR) is 118 cm³/mol. The van der Waals surface area contributed by atoms with Crippen molar-refractivity contribution in [2.45, 2.75) is 19.9 Å². The zero-order chi connectivity index (χ0) is 22.1. The van der Waals surface area contributed by atoms with Gasteiger partial charge in [0.1, 0.15) is 11.8 Å². The SMILES string of the molecule is COC(=O)C1=C(C)N=c2s/c(=C\c3ccccc3OC(C)=O)c(=O)n2[C@@H]1c1cccs1. The highest BCUT2D eigenvalue weighted by atomic mass is 32.1. The number of hydrogen-bond acceptors (Lipinski definition) is 8. The van der Waals surface area contributed by atoms with Gasteiger partial charge in [0.25, 0.3) is 5.56 Å². The number of thiophene rings is 1. The van der Waals surface area contributed by atoms with Crippen LogP contribution in [0.1, 0.15) is 30.3 Å². The lowest BCUT2D eigenvalue weighted by molar-refractivity contribution is -0.136. The fourth-order valence-electron chi connectivity index (χ4n) is 3.40. The third-order valence-electron chi connectivity index (χ3n) is 4.70. The Hall–Kier alpha value is -3.30. The number of allylic oxidation sites excluding steroid dienone is 1. The van der Waals surface area contributed by atoms with Crippen molar-refractivity contribution in [2.24, 2.45) is 4.99 Å². The van der Waals surface area contributed by atoms with Crippen LogP contribution < -0.4 is 19.6 Å². The molecule has 1 aliphatic heterocycles. The minimum absolute atomic E-state index is 0.284. The molecule has 4 rings (SSSR count). The van der Waals surface area contributed by atoms with E-state index in [9.17, 15) is 14.4 Å². The lowest BCUT2D eigenvalue weighted by Gasteiger charge is -2.22. The van der Waals surface area contributed by atoms with E-state index in [4.69, 9.17) is 9.47 Å². The second-order valence-electron chi connectivity index (χ2n) is 6.72. The van der Waals surface area contributed by atoms with E-state index in [1.165, 1.54) is 41.3 Å². The number of ether oxygens (including phenoxy) is 2. The van der Waals surface area contributed by atoms with Gasteiger partial charge in [-0.3, -0.25) is 14.2 Å². The van der Waals surface area contributed by atoms with Crippen LogP contribution >= 0.6 is 22.7 Å². The van der Waals surface area contributed by atoms with Gasteiger partial charge in [-0.1, -0.05) is 35.6 Å². The van der Waals surface area contributed by atoms with Crippen LogP contribution in [-0.4, -0.2) is 23.6 Å². The molecule has 0 amide bonds. The molecule has 0 unspecified atom stereocenters.